The van der Waals surface area contributed by atoms with Gasteiger partial charge in [-0.2, -0.15) is 0 Å². The quantitative estimate of drug-likeness (QED) is 0.544. The minimum Gasteiger partial charge on any atom is -0.507 e. The van der Waals surface area contributed by atoms with Gasteiger partial charge in [-0.05, 0) is 37.6 Å². The molecule has 26 heavy (non-hydrogen) atoms. The molecule has 0 fully saturated rings. The van der Waals surface area contributed by atoms with Crippen molar-refractivity contribution in [3.63, 3.8) is 0 Å². The van der Waals surface area contributed by atoms with Crippen molar-refractivity contribution < 1.29 is 9.90 Å². The van der Waals surface area contributed by atoms with Crippen molar-refractivity contribution >= 4 is 33.3 Å². The molecule has 0 aliphatic carbocycles. The van der Waals surface area contributed by atoms with Crippen LogP contribution in [0.2, 0.25) is 0 Å². The van der Waals surface area contributed by atoms with Gasteiger partial charge in [0.15, 0.2) is 0 Å². The minimum absolute atomic E-state index is 0.142. The van der Waals surface area contributed by atoms with E-state index in [-0.39, 0.29) is 11.7 Å². The molecule has 1 heterocycles. The number of benzene rings is 3. The molecular weight excluding hydrogens is 324 g/mol. The van der Waals surface area contributed by atoms with Crippen LogP contribution < -0.4 is 5.32 Å². The van der Waals surface area contributed by atoms with Crippen LogP contribution in [0.1, 0.15) is 23.0 Å². The number of amides is 1. The van der Waals surface area contributed by atoms with E-state index in [0.717, 1.165) is 27.2 Å². The predicted octanol–water partition coefficient (Wildman–Crippen LogP) is 5.08. The molecule has 4 aromatic rings. The number of para-hydroxylation sites is 1. The molecular formula is C22H20N2O2. The van der Waals surface area contributed by atoms with E-state index in [9.17, 15) is 9.90 Å². The molecule has 1 amide bonds. The Morgan fingerprint density at radius 3 is 2.46 bits per heavy atom. The van der Waals surface area contributed by atoms with Crippen molar-refractivity contribution in [2.75, 3.05) is 5.32 Å². The molecule has 0 aliphatic rings. The lowest BCUT2D eigenvalue weighted by Crippen LogP contribution is -2.18. The number of nitrogens with zero attached hydrogens (tertiary/aromatic N) is 1. The number of aryl methyl sites for hydroxylation is 2. The molecule has 0 aliphatic heterocycles. The van der Waals surface area contributed by atoms with Gasteiger partial charge in [-0.3, -0.25) is 4.79 Å². The number of phenolic OH excluding ortho intramolecular Hbond substituents is 1. The molecule has 0 bridgehead atoms. The molecule has 0 atom stereocenters. The third-order valence-corrected chi connectivity index (χ3v) is 4.90. The number of nitrogens with one attached hydrogen (secondary N) is 1. The summed E-state index contributed by atoms with van der Waals surface area (Å²) in [6.07, 6.45) is 0. The van der Waals surface area contributed by atoms with Gasteiger partial charge in [-0.25, -0.2) is 0 Å². The second-order valence-corrected chi connectivity index (χ2v) is 6.37. The van der Waals surface area contributed by atoms with Gasteiger partial charge in [0.1, 0.15) is 11.4 Å². The minimum atomic E-state index is -0.142. The van der Waals surface area contributed by atoms with Crippen molar-refractivity contribution in [3.05, 3.63) is 71.9 Å². The first kappa shape index (κ1) is 16.2. The first-order chi connectivity index (χ1) is 12.6. The fourth-order valence-electron chi connectivity index (χ4n) is 3.68. The van der Waals surface area contributed by atoms with E-state index < -0.39 is 0 Å². The van der Waals surface area contributed by atoms with Crippen molar-refractivity contribution in [3.8, 4) is 5.75 Å². The Bertz CT molecular complexity index is 1140. The van der Waals surface area contributed by atoms with Crippen molar-refractivity contribution in [2.45, 2.75) is 20.4 Å². The van der Waals surface area contributed by atoms with Gasteiger partial charge < -0.3 is 15.0 Å². The summed E-state index contributed by atoms with van der Waals surface area (Å²) in [4.78, 5) is 13.1. The molecule has 0 radical (unpaired) electrons. The van der Waals surface area contributed by atoms with Gasteiger partial charge in [-0.15, -0.1) is 0 Å². The van der Waals surface area contributed by atoms with Crippen LogP contribution in [0, 0.1) is 6.92 Å². The summed E-state index contributed by atoms with van der Waals surface area (Å²) in [5.74, 6) is 0.0637. The highest BCUT2D eigenvalue weighted by molar-refractivity contribution is 6.12. The summed E-state index contributed by atoms with van der Waals surface area (Å²) < 4.78 is 2.04. The molecule has 0 spiro atoms. The predicted molar refractivity (Wildman–Crippen MR) is 106 cm³/mol. The number of fused-ring (bicyclic) bond motifs is 2. The smallest absolute Gasteiger partial charge is 0.272 e. The van der Waals surface area contributed by atoms with E-state index in [4.69, 9.17) is 0 Å². The van der Waals surface area contributed by atoms with Gasteiger partial charge in [0.25, 0.3) is 5.91 Å². The normalized spacial score (nSPS) is 11.2. The van der Waals surface area contributed by atoms with Crippen LogP contribution in [0.4, 0.5) is 5.69 Å². The zero-order valence-electron chi connectivity index (χ0n) is 14.8. The topological polar surface area (TPSA) is 54.3 Å². The molecule has 1 aromatic heterocycles. The van der Waals surface area contributed by atoms with E-state index in [2.05, 4.69) is 5.32 Å². The number of rotatable bonds is 3. The lowest BCUT2D eigenvalue weighted by molar-refractivity contribution is 0.101. The van der Waals surface area contributed by atoms with E-state index in [0.29, 0.717) is 17.9 Å². The number of anilines is 1. The van der Waals surface area contributed by atoms with Crippen LogP contribution in [0.15, 0.2) is 60.7 Å². The van der Waals surface area contributed by atoms with Crippen LogP contribution in [0.3, 0.4) is 0 Å². The van der Waals surface area contributed by atoms with Gasteiger partial charge >= 0.3 is 0 Å². The second-order valence-electron chi connectivity index (χ2n) is 6.37. The molecule has 0 unspecified atom stereocenters. The number of hydrogen-bond acceptors (Lipinski definition) is 2. The zero-order valence-corrected chi connectivity index (χ0v) is 14.8. The van der Waals surface area contributed by atoms with Crippen LogP contribution >= 0.6 is 0 Å². The maximum absolute atomic E-state index is 13.1. The SMILES string of the molecule is CCn1c(C(=O)Nc2cccc3c(O)cccc23)c(C)c2ccccc21. The van der Waals surface area contributed by atoms with Crippen LogP contribution in [-0.4, -0.2) is 15.6 Å². The second kappa shape index (κ2) is 6.23. The molecule has 4 rings (SSSR count). The molecule has 0 saturated carbocycles. The lowest BCUT2D eigenvalue weighted by atomic mass is 10.1. The fraction of sp³-hybridized carbons (Fsp3) is 0.136. The number of carbonyl (C=O) groups is 1. The van der Waals surface area contributed by atoms with Gasteiger partial charge in [0, 0.05) is 33.9 Å². The van der Waals surface area contributed by atoms with Gasteiger partial charge in [0.2, 0.25) is 0 Å². The Kier molecular flexibility index (Phi) is 3.88. The Morgan fingerprint density at radius 2 is 1.65 bits per heavy atom. The fourth-order valence-corrected chi connectivity index (χ4v) is 3.68. The highest BCUT2D eigenvalue weighted by atomic mass is 16.3. The monoisotopic (exact) mass is 344 g/mol. The van der Waals surface area contributed by atoms with E-state index in [1.807, 2.05) is 66.9 Å². The molecule has 0 saturated heterocycles. The summed E-state index contributed by atoms with van der Waals surface area (Å²) in [6, 6.07) is 18.9. The Hall–Kier alpha value is -3.27. The summed E-state index contributed by atoms with van der Waals surface area (Å²) in [6.45, 7) is 4.74. The third kappa shape index (κ3) is 2.42. The number of phenols is 1. The first-order valence-electron chi connectivity index (χ1n) is 8.71. The first-order valence-corrected chi connectivity index (χ1v) is 8.71. The zero-order chi connectivity index (χ0) is 18.3. The Balaban J connectivity index is 1.82. The van der Waals surface area contributed by atoms with Crippen molar-refractivity contribution in [1.82, 2.24) is 4.57 Å². The number of aromatic hydroxyl groups is 1. The highest BCUT2D eigenvalue weighted by Gasteiger charge is 2.20. The van der Waals surface area contributed by atoms with E-state index >= 15 is 0 Å². The Labute approximate surface area is 151 Å². The summed E-state index contributed by atoms with van der Waals surface area (Å²) in [7, 11) is 0. The van der Waals surface area contributed by atoms with Gasteiger partial charge in [0.05, 0.1) is 0 Å². The third-order valence-electron chi connectivity index (χ3n) is 4.90. The maximum Gasteiger partial charge on any atom is 0.272 e. The summed E-state index contributed by atoms with van der Waals surface area (Å²) in [5.41, 5.74) is 3.40. The number of hydrogen-bond donors (Lipinski definition) is 2. The van der Waals surface area contributed by atoms with Gasteiger partial charge in [-0.1, -0.05) is 42.5 Å². The lowest BCUT2D eigenvalue weighted by Gasteiger charge is -2.12. The summed E-state index contributed by atoms with van der Waals surface area (Å²) >= 11 is 0. The van der Waals surface area contributed by atoms with Crippen LogP contribution in [0.5, 0.6) is 5.75 Å². The number of carbonyl (C=O) groups excluding carboxylic acids is 1. The van der Waals surface area contributed by atoms with E-state index in [1.165, 1.54) is 0 Å². The molecule has 4 heteroatoms. The molecule has 3 aromatic carbocycles. The summed E-state index contributed by atoms with van der Waals surface area (Å²) in [5, 5.41) is 15.7. The number of aromatic nitrogens is 1. The molecule has 130 valence electrons. The average molecular weight is 344 g/mol. The molecule has 4 nitrogen and oxygen atoms in total. The average Bonchev–Trinajstić information content (AvgIpc) is 2.95. The van der Waals surface area contributed by atoms with Crippen molar-refractivity contribution in [2.24, 2.45) is 0 Å². The Morgan fingerprint density at radius 1 is 0.962 bits per heavy atom. The highest BCUT2D eigenvalue weighted by Crippen LogP contribution is 2.31. The van der Waals surface area contributed by atoms with E-state index in [1.54, 1.807) is 12.1 Å². The van der Waals surface area contributed by atoms with Crippen LogP contribution in [0.25, 0.3) is 21.7 Å². The molecule has 2 N–H and O–H groups in total. The van der Waals surface area contributed by atoms with Crippen molar-refractivity contribution in [1.29, 1.82) is 0 Å². The maximum atomic E-state index is 13.1. The van der Waals surface area contributed by atoms with Crippen LogP contribution in [-0.2, 0) is 6.54 Å². The largest absolute Gasteiger partial charge is 0.507 e. The standard InChI is InChI=1S/C22H20N2O2/c1-3-24-19-12-5-4-8-15(19)14(2)21(24)22(26)23-18-11-6-10-17-16(18)9-7-13-20(17)25/h4-13,25H,3H2,1-2H3,(H,23,26).